The highest BCUT2D eigenvalue weighted by Crippen LogP contribution is 2.24. The quantitative estimate of drug-likeness (QED) is 0.486. The van der Waals surface area contributed by atoms with Crippen molar-refractivity contribution in [2.24, 2.45) is 0 Å². The van der Waals surface area contributed by atoms with Gasteiger partial charge in [0.15, 0.2) is 5.76 Å². The summed E-state index contributed by atoms with van der Waals surface area (Å²) >= 11 is 0. The molecule has 0 atom stereocenters. The summed E-state index contributed by atoms with van der Waals surface area (Å²) in [6.07, 6.45) is 1.50. The molecule has 0 unspecified atom stereocenters. The van der Waals surface area contributed by atoms with E-state index in [9.17, 15) is 19.7 Å². The molecule has 2 N–H and O–H groups in total. The van der Waals surface area contributed by atoms with Gasteiger partial charge in [-0.15, -0.1) is 0 Å². The van der Waals surface area contributed by atoms with E-state index in [1.807, 2.05) is 0 Å². The number of carbonyl (C=O) groups is 2. The van der Waals surface area contributed by atoms with E-state index >= 15 is 0 Å². The molecule has 1 aromatic carbocycles. The minimum atomic E-state index is -0.545. The predicted molar refractivity (Wildman–Crippen MR) is 93.7 cm³/mol. The number of non-ortho nitro benzene ring substituents is 1. The molecule has 9 heteroatoms. The Kier molecular flexibility index (Phi) is 5.31. The smallest absolute Gasteiger partial charge is 0.287 e. The Morgan fingerprint density at radius 1 is 1.04 bits per heavy atom. The minimum Gasteiger partial charge on any atom is -0.467 e. The Labute approximate surface area is 153 Å². The number of nitrogens with one attached hydrogen (secondary N) is 2. The molecular weight excluding hydrogens is 354 g/mol. The molecule has 2 heterocycles. The zero-order valence-electron chi connectivity index (χ0n) is 14.0. The number of benzene rings is 1. The Hall–Kier alpha value is -3.88. The molecule has 2 aromatic heterocycles. The molecule has 0 saturated carbocycles. The van der Waals surface area contributed by atoms with Gasteiger partial charge in [0.05, 0.1) is 24.3 Å². The van der Waals surface area contributed by atoms with Crippen molar-refractivity contribution in [3.63, 3.8) is 0 Å². The van der Waals surface area contributed by atoms with E-state index in [4.69, 9.17) is 8.83 Å². The van der Waals surface area contributed by atoms with E-state index in [1.54, 1.807) is 18.2 Å². The molecule has 0 aliphatic heterocycles. The van der Waals surface area contributed by atoms with Gasteiger partial charge < -0.3 is 19.5 Å². The molecular formula is C18H15N3O6. The maximum atomic E-state index is 12.1. The van der Waals surface area contributed by atoms with Gasteiger partial charge in [-0.1, -0.05) is 0 Å². The second kappa shape index (κ2) is 8.00. The van der Waals surface area contributed by atoms with Crippen LogP contribution in [0.25, 0.3) is 11.3 Å². The van der Waals surface area contributed by atoms with Crippen LogP contribution in [0.15, 0.2) is 63.6 Å². The van der Waals surface area contributed by atoms with Crippen LogP contribution in [0.3, 0.4) is 0 Å². The van der Waals surface area contributed by atoms with Crippen molar-refractivity contribution in [3.05, 3.63) is 76.4 Å². The van der Waals surface area contributed by atoms with Gasteiger partial charge in [-0.3, -0.25) is 19.7 Å². The first-order chi connectivity index (χ1) is 13.0. The Bertz CT molecular complexity index is 944. The maximum Gasteiger partial charge on any atom is 0.287 e. The van der Waals surface area contributed by atoms with Gasteiger partial charge in [0, 0.05) is 17.7 Å². The molecule has 0 spiro atoms. The molecule has 9 nitrogen and oxygen atoms in total. The van der Waals surface area contributed by atoms with Crippen LogP contribution in [0.5, 0.6) is 0 Å². The largest absolute Gasteiger partial charge is 0.467 e. The van der Waals surface area contributed by atoms with Crippen molar-refractivity contribution in [3.8, 4) is 11.3 Å². The summed E-state index contributed by atoms with van der Waals surface area (Å²) in [6.45, 7) is 0.0137. The maximum absolute atomic E-state index is 12.1. The van der Waals surface area contributed by atoms with E-state index in [1.165, 1.54) is 36.6 Å². The second-order valence-corrected chi connectivity index (χ2v) is 5.51. The van der Waals surface area contributed by atoms with E-state index in [0.717, 1.165) is 0 Å². The number of furan rings is 2. The molecule has 0 radical (unpaired) electrons. The first-order valence-electron chi connectivity index (χ1n) is 7.95. The topological polar surface area (TPSA) is 128 Å². The van der Waals surface area contributed by atoms with Crippen molar-refractivity contribution in [2.75, 3.05) is 6.54 Å². The van der Waals surface area contributed by atoms with Crippen molar-refractivity contribution < 1.29 is 23.3 Å². The molecule has 0 saturated heterocycles. The highest BCUT2D eigenvalue weighted by molar-refractivity contribution is 5.94. The molecule has 0 aliphatic carbocycles. The van der Waals surface area contributed by atoms with Crippen LogP contribution < -0.4 is 10.6 Å². The zero-order valence-corrected chi connectivity index (χ0v) is 14.0. The molecule has 27 heavy (non-hydrogen) atoms. The van der Waals surface area contributed by atoms with Crippen molar-refractivity contribution in [1.82, 2.24) is 10.6 Å². The molecule has 0 bridgehead atoms. The number of amides is 2. The van der Waals surface area contributed by atoms with E-state index in [0.29, 0.717) is 17.1 Å². The molecule has 0 aliphatic rings. The summed E-state index contributed by atoms with van der Waals surface area (Å²) in [4.78, 5) is 34.0. The highest BCUT2D eigenvalue weighted by atomic mass is 16.6. The van der Waals surface area contributed by atoms with E-state index < -0.39 is 10.8 Å². The zero-order chi connectivity index (χ0) is 19.2. The summed E-state index contributed by atoms with van der Waals surface area (Å²) in [6, 6.07) is 12.2. The average molecular weight is 369 g/mol. The minimum absolute atomic E-state index is 0.0298. The van der Waals surface area contributed by atoms with Gasteiger partial charge in [-0.05, 0) is 36.4 Å². The third kappa shape index (κ3) is 4.60. The van der Waals surface area contributed by atoms with Gasteiger partial charge in [-0.25, -0.2) is 0 Å². The summed E-state index contributed by atoms with van der Waals surface area (Å²) in [5, 5.41) is 15.7. The van der Waals surface area contributed by atoms with Crippen LogP contribution >= 0.6 is 0 Å². The molecule has 3 rings (SSSR count). The molecule has 2 amide bonds. The number of nitro benzene ring substituents is 1. The standard InChI is InChI=1S/C18H15N3O6/c22-17(19-10-14-2-1-9-26-14)11-20-18(23)16-8-7-15(27-16)12-3-5-13(6-4-12)21(24)25/h1-9H,10-11H2,(H,19,22)(H,20,23). The predicted octanol–water partition coefficient (Wildman–Crippen LogP) is 2.49. The first-order valence-corrected chi connectivity index (χ1v) is 7.95. The number of hydrogen-bond donors (Lipinski definition) is 2. The van der Waals surface area contributed by atoms with Gasteiger partial charge in [0.2, 0.25) is 5.91 Å². The van der Waals surface area contributed by atoms with Gasteiger partial charge >= 0.3 is 0 Å². The highest BCUT2D eigenvalue weighted by Gasteiger charge is 2.14. The van der Waals surface area contributed by atoms with E-state index in [2.05, 4.69) is 10.6 Å². The van der Waals surface area contributed by atoms with Gasteiger partial charge in [0.1, 0.15) is 11.5 Å². The fraction of sp³-hybridized carbons (Fsp3) is 0.111. The average Bonchev–Trinajstić information content (AvgIpc) is 3.36. The fourth-order valence-electron chi connectivity index (χ4n) is 2.27. The van der Waals surface area contributed by atoms with Gasteiger partial charge in [0.25, 0.3) is 11.6 Å². The number of nitrogens with zero attached hydrogens (tertiary/aromatic N) is 1. The summed E-state index contributed by atoms with van der Waals surface area (Å²) in [5.74, 6) is 0.103. The lowest BCUT2D eigenvalue weighted by atomic mass is 10.1. The second-order valence-electron chi connectivity index (χ2n) is 5.51. The summed E-state index contributed by atoms with van der Waals surface area (Å²) in [5.41, 5.74) is 0.555. The molecule has 138 valence electrons. The lowest BCUT2D eigenvalue weighted by Gasteiger charge is -2.04. The Morgan fingerprint density at radius 3 is 2.48 bits per heavy atom. The van der Waals surface area contributed by atoms with Crippen molar-refractivity contribution in [2.45, 2.75) is 6.54 Å². The summed E-state index contributed by atoms with van der Waals surface area (Å²) in [7, 11) is 0. The fourth-order valence-corrected chi connectivity index (χ4v) is 2.27. The third-order valence-electron chi connectivity index (χ3n) is 3.64. The number of nitro groups is 1. The number of carbonyl (C=O) groups excluding carboxylic acids is 2. The Morgan fingerprint density at radius 2 is 1.81 bits per heavy atom. The first kappa shape index (κ1) is 17.9. The van der Waals surface area contributed by atoms with E-state index in [-0.39, 0.29) is 30.4 Å². The van der Waals surface area contributed by atoms with Crippen LogP contribution in [0.1, 0.15) is 16.3 Å². The normalized spacial score (nSPS) is 10.4. The van der Waals surface area contributed by atoms with Crippen LogP contribution in [-0.2, 0) is 11.3 Å². The summed E-state index contributed by atoms with van der Waals surface area (Å²) < 4.78 is 10.5. The lowest BCUT2D eigenvalue weighted by Crippen LogP contribution is -2.36. The number of hydrogen-bond acceptors (Lipinski definition) is 6. The SMILES string of the molecule is O=C(CNC(=O)c1ccc(-c2ccc([N+](=O)[O-])cc2)o1)NCc1ccco1. The van der Waals surface area contributed by atoms with Crippen LogP contribution in [0.4, 0.5) is 5.69 Å². The van der Waals surface area contributed by atoms with Crippen LogP contribution in [-0.4, -0.2) is 23.3 Å². The number of rotatable bonds is 7. The Balaban J connectivity index is 1.53. The molecule has 3 aromatic rings. The van der Waals surface area contributed by atoms with Crippen molar-refractivity contribution >= 4 is 17.5 Å². The van der Waals surface area contributed by atoms with Crippen molar-refractivity contribution in [1.29, 1.82) is 0 Å². The lowest BCUT2D eigenvalue weighted by molar-refractivity contribution is -0.384. The van der Waals surface area contributed by atoms with Crippen LogP contribution in [0.2, 0.25) is 0 Å². The van der Waals surface area contributed by atoms with Crippen LogP contribution in [0, 0.1) is 10.1 Å². The van der Waals surface area contributed by atoms with Gasteiger partial charge in [-0.2, -0.15) is 0 Å². The monoisotopic (exact) mass is 369 g/mol. The third-order valence-corrected chi connectivity index (χ3v) is 3.64. The molecule has 0 fully saturated rings.